The highest BCUT2D eigenvalue weighted by Gasteiger charge is 2.07. The third-order valence-electron chi connectivity index (χ3n) is 2.12. The van der Waals surface area contributed by atoms with Crippen molar-refractivity contribution in [1.29, 1.82) is 0 Å². The lowest BCUT2D eigenvalue weighted by Gasteiger charge is -2.12. The van der Waals surface area contributed by atoms with E-state index in [2.05, 4.69) is 37.5 Å². The third kappa shape index (κ3) is 3.91. The van der Waals surface area contributed by atoms with E-state index in [1.54, 1.807) is 5.57 Å². The van der Waals surface area contributed by atoms with E-state index in [-0.39, 0.29) is 0 Å². The summed E-state index contributed by atoms with van der Waals surface area (Å²) in [5.41, 5.74) is 4.02. The van der Waals surface area contributed by atoms with Crippen molar-refractivity contribution in [2.75, 3.05) is 0 Å². The van der Waals surface area contributed by atoms with Crippen LogP contribution in [-0.2, 0) is 0 Å². The molecule has 0 nitrogen and oxygen atoms in total. The van der Waals surface area contributed by atoms with Gasteiger partial charge in [-0.1, -0.05) is 43.1 Å². The van der Waals surface area contributed by atoms with Crippen LogP contribution in [0.2, 0.25) is 19.6 Å². The molecule has 1 heteroatoms. The zero-order valence-corrected chi connectivity index (χ0v) is 9.56. The van der Waals surface area contributed by atoms with Crippen LogP contribution in [0.4, 0.5) is 0 Å². The lowest BCUT2D eigenvalue weighted by Crippen LogP contribution is -2.15. The van der Waals surface area contributed by atoms with Crippen LogP contribution in [0.15, 0.2) is 23.4 Å². The van der Waals surface area contributed by atoms with Gasteiger partial charge in [0.15, 0.2) is 0 Å². The highest BCUT2D eigenvalue weighted by Crippen LogP contribution is 2.19. The Hall–Kier alpha value is -0.303. The van der Waals surface area contributed by atoms with Crippen molar-refractivity contribution in [3.63, 3.8) is 0 Å². The van der Waals surface area contributed by atoms with E-state index in [9.17, 15) is 0 Å². The molecule has 0 amide bonds. The van der Waals surface area contributed by atoms with Crippen molar-refractivity contribution in [2.24, 2.45) is 0 Å². The smallest absolute Gasteiger partial charge is 0.0687 e. The first-order valence-electron chi connectivity index (χ1n) is 4.96. The van der Waals surface area contributed by atoms with E-state index >= 15 is 0 Å². The Morgan fingerprint density at radius 3 is 2.50 bits per heavy atom. The molecule has 0 aromatic carbocycles. The molecule has 0 aromatic heterocycles. The van der Waals surface area contributed by atoms with Crippen molar-refractivity contribution in [2.45, 2.75) is 45.3 Å². The van der Waals surface area contributed by atoms with Crippen molar-refractivity contribution in [3.05, 3.63) is 23.4 Å². The Morgan fingerprint density at radius 2 is 2.00 bits per heavy atom. The standard InChI is InChI=1S/C11H20Si/c1-12(2,3)10-9-11-7-5-4-6-8-11/h7,9-10H,4-6,8H2,1-3H3. The molecule has 0 N–H and O–H groups in total. The zero-order chi connectivity index (χ0) is 9.03. The number of allylic oxidation sites excluding steroid dienone is 3. The Bertz CT molecular complexity index is 194. The predicted molar refractivity (Wildman–Crippen MR) is 59.0 cm³/mol. The van der Waals surface area contributed by atoms with Gasteiger partial charge in [-0.15, -0.1) is 0 Å². The van der Waals surface area contributed by atoms with Crippen LogP contribution >= 0.6 is 0 Å². The van der Waals surface area contributed by atoms with E-state index in [1.165, 1.54) is 25.7 Å². The van der Waals surface area contributed by atoms with Gasteiger partial charge in [-0.25, -0.2) is 0 Å². The average molecular weight is 180 g/mol. The van der Waals surface area contributed by atoms with Crippen LogP contribution in [0.1, 0.15) is 25.7 Å². The van der Waals surface area contributed by atoms with E-state index < -0.39 is 8.07 Å². The Morgan fingerprint density at radius 1 is 1.25 bits per heavy atom. The first-order valence-corrected chi connectivity index (χ1v) is 8.54. The molecule has 0 fully saturated rings. The molecule has 0 radical (unpaired) electrons. The quantitative estimate of drug-likeness (QED) is 0.565. The zero-order valence-electron chi connectivity index (χ0n) is 8.56. The molecule has 1 aliphatic carbocycles. The summed E-state index contributed by atoms with van der Waals surface area (Å²) in [6, 6.07) is 0. The molecule has 0 saturated heterocycles. The molecule has 0 saturated carbocycles. The number of rotatable bonds is 2. The summed E-state index contributed by atoms with van der Waals surface area (Å²) in [6.07, 6.45) is 10.2. The molecule has 0 aliphatic heterocycles. The van der Waals surface area contributed by atoms with Gasteiger partial charge in [0.1, 0.15) is 0 Å². The minimum absolute atomic E-state index is 0.963. The van der Waals surface area contributed by atoms with Gasteiger partial charge in [-0.2, -0.15) is 0 Å². The van der Waals surface area contributed by atoms with Crippen molar-refractivity contribution < 1.29 is 0 Å². The second-order valence-electron chi connectivity index (χ2n) is 4.72. The monoisotopic (exact) mass is 180 g/mol. The van der Waals surface area contributed by atoms with Crippen molar-refractivity contribution >= 4 is 8.07 Å². The Labute approximate surface area is 77.4 Å². The summed E-state index contributed by atoms with van der Waals surface area (Å²) < 4.78 is 0. The minimum Gasteiger partial charge on any atom is -0.0947 e. The van der Waals surface area contributed by atoms with Gasteiger partial charge in [0.25, 0.3) is 0 Å². The summed E-state index contributed by atoms with van der Waals surface area (Å²) in [6.45, 7) is 7.15. The summed E-state index contributed by atoms with van der Waals surface area (Å²) in [7, 11) is -0.963. The van der Waals surface area contributed by atoms with Crippen LogP contribution < -0.4 is 0 Å². The summed E-state index contributed by atoms with van der Waals surface area (Å²) in [5, 5.41) is 0. The minimum atomic E-state index is -0.963. The van der Waals surface area contributed by atoms with E-state index in [0.29, 0.717) is 0 Å². The molecule has 0 aromatic rings. The number of hydrogen-bond acceptors (Lipinski definition) is 0. The van der Waals surface area contributed by atoms with Crippen LogP contribution in [0.3, 0.4) is 0 Å². The lowest BCUT2D eigenvalue weighted by molar-refractivity contribution is 0.712. The van der Waals surface area contributed by atoms with Crippen molar-refractivity contribution in [3.8, 4) is 0 Å². The normalized spacial score (nSPS) is 19.8. The first-order chi connectivity index (χ1) is 5.58. The van der Waals surface area contributed by atoms with Crippen molar-refractivity contribution in [1.82, 2.24) is 0 Å². The molecule has 12 heavy (non-hydrogen) atoms. The maximum Gasteiger partial charge on any atom is 0.0687 e. The lowest BCUT2D eigenvalue weighted by atomic mass is 10.00. The molecule has 1 aliphatic rings. The summed E-state index contributed by atoms with van der Waals surface area (Å²) in [4.78, 5) is 0. The SMILES string of the molecule is C[Si](C)(C)C=CC1=CCCCC1. The molecule has 0 unspecified atom stereocenters. The van der Waals surface area contributed by atoms with Gasteiger partial charge in [0.05, 0.1) is 8.07 Å². The van der Waals surface area contributed by atoms with Gasteiger partial charge in [-0.3, -0.25) is 0 Å². The van der Waals surface area contributed by atoms with Gasteiger partial charge >= 0.3 is 0 Å². The maximum absolute atomic E-state index is 2.45. The van der Waals surface area contributed by atoms with Gasteiger partial charge in [0.2, 0.25) is 0 Å². The van der Waals surface area contributed by atoms with E-state index in [1.807, 2.05) is 0 Å². The molecule has 0 spiro atoms. The molecule has 0 bridgehead atoms. The Kier molecular flexibility index (Phi) is 3.33. The average Bonchev–Trinajstić information content (AvgIpc) is 2.02. The molecule has 1 rings (SSSR count). The highest BCUT2D eigenvalue weighted by atomic mass is 28.3. The second-order valence-corrected chi connectivity index (χ2v) is 9.79. The molecule has 0 atom stereocenters. The summed E-state index contributed by atoms with van der Waals surface area (Å²) in [5.74, 6) is 0. The largest absolute Gasteiger partial charge is 0.0947 e. The predicted octanol–water partition coefficient (Wildman–Crippen LogP) is 3.92. The second kappa shape index (κ2) is 4.08. The third-order valence-corrected chi connectivity index (χ3v) is 3.29. The topological polar surface area (TPSA) is 0 Å². The van der Waals surface area contributed by atoms with Crippen LogP contribution in [-0.4, -0.2) is 8.07 Å². The van der Waals surface area contributed by atoms with Gasteiger partial charge in [0, 0.05) is 0 Å². The maximum atomic E-state index is 2.45. The molecular weight excluding hydrogens is 160 g/mol. The molecule has 68 valence electrons. The fraction of sp³-hybridized carbons (Fsp3) is 0.636. The van der Waals surface area contributed by atoms with Crippen LogP contribution in [0, 0.1) is 0 Å². The van der Waals surface area contributed by atoms with E-state index in [0.717, 1.165) is 0 Å². The van der Waals surface area contributed by atoms with Gasteiger partial charge < -0.3 is 0 Å². The molecular formula is C11H20Si. The molecule has 0 heterocycles. The van der Waals surface area contributed by atoms with Gasteiger partial charge in [-0.05, 0) is 25.7 Å². The fourth-order valence-electron chi connectivity index (χ4n) is 1.37. The summed E-state index contributed by atoms with van der Waals surface area (Å²) >= 11 is 0. The Balaban J connectivity index is 2.49. The van der Waals surface area contributed by atoms with E-state index in [4.69, 9.17) is 0 Å². The number of hydrogen-bond donors (Lipinski definition) is 0. The fourth-order valence-corrected chi connectivity index (χ4v) is 2.09. The van der Waals surface area contributed by atoms with Crippen LogP contribution in [0.5, 0.6) is 0 Å². The highest BCUT2D eigenvalue weighted by molar-refractivity contribution is 6.81. The van der Waals surface area contributed by atoms with Crippen LogP contribution in [0.25, 0.3) is 0 Å². The first kappa shape index (κ1) is 9.78.